The van der Waals surface area contributed by atoms with Gasteiger partial charge in [0.25, 0.3) is 0 Å². The molecule has 0 saturated heterocycles. The van der Waals surface area contributed by atoms with E-state index in [9.17, 15) is 9.00 Å². The fourth-order valence-electron chi connectivity index (χ4n) is 1.94. The lowest BCUT2D eigenvalue weighted by atomic mass is 10.0. The highest BCUT2D eigenvalue weighted by atomic mass is 79.9. The molecule has 5 heteroatoms. The maximum absolute atomic E-state index is 11.9. The lowest BCUT2D eigenvalue weighted by Gasteiger charge is -2.09. The second kappa shape index (κ2) is 6.81. The lowest BCUT2D eigenvalue weighted by Crippen LogP contribution is -2.20. The third kappa shape index (κ3) is 4.02. The molecule has 0 aromatic heterocycles. The number of benzene rings is 2. The maximum atomic E-state index is 11.9. The highest BCUT2D eigenvalue weighted by Crippen LogP contribution is 2.26. The highest BCUT2D eigenvalue weighted by molar-refractivity contribution is 9.10. The molecule has 104 valence electrons. The van der Waals surface area contributed by atoms with Gasteiger partial charge in [0.05, 0.1) is 0 Å². The lowest BCUT2D eigenvalue weighted by molar-refractivity contribution is -0.115. The molecule has 0 heterocycles. The van der Waals surface area contributed by atoms with Crippen molar-refractivity contribution in [3.8, 4) is 11.1 Å². The van der Waals surface area contributed by atoms with Crippen molar-refractivity contribution in [2.24, 2.45) is 5.73 Å². The number of halogens is 1. The Morgan fingerprint density at radius 3 is 2.40 bits per heavy atom. The first-order valence-electron chi connectivity index (χ1n) is 6.03. The van der Waals surface area contributed by atoms with Crippen molar-refractivity contribution in [3.63, 3.8) is 0 Å². The molecule has 20 heavy (non-hydrogen) atoms. The van der Waals surface area contributed by atoms with E-state index in [0.717, 1.165) is 21.2 Å². The summed E-state index contributed by atoms with van der Waals surface area (Å²) >= 11 is 3.40. The summed E-state index contributed by atoms with van der Waals surface area (Å²) in [5.74, 6) is -0.311. The second-order valence-electron chi connectivity index (χ2n) is 4.36. The van der Waals surface area contributed by atoms with E-state index in [0.29, 0.717) is 5.75 Å². The van der Waals surface area contributed by atoms with Crippen LogP contribution in [0.2, 0.25) is 0 Å². The van der Waals surface area contributed by atoms with Gasteiger partial charge in [0.15, 0.2) is 0 Å². The SMILES string of the molecule is NC(=O)C[S@@](=O)Cc1ccccc1-c1ccc(Br)cc1. The Balaban J connectivity index is 2.28. The first-order chi connectivity index (χ1) is 9.56. The molecule has 1 atom stereocenters. The molecule has 2 rings (SSSR count). The Morgan fingerprint density at radius 2 is 1.75 bits per heavy atom. The zero-order valence-corrected chi connectivity index (χ0v) is 13.1. The van der Waals surface area contributed by atoms with Crippen molar-refractivity contribution in [2.75, 3.05) is 5.75 Å². The molecule has 0 fully saturated rings. The predicted octanol–water partition coefficient (Wildman–Crippen LogP) is 2.85. The summed E-state index contributed by atoms with van der Waals surface area (Å²) < 4.78 is 12.9. The van der Waals surface area contributed by atoms with Crippen molar-refractivity contribution >= 4 is 32.6 Å². The Morgan fingerprint density at radius 1 is 1.10 bits per heavy atom. The number of hydrogen-bond acceptors (Lipinski definition) is 2. The van der Waals surface area contributed by atoms with Gasteiger partial charge in [0.1, 0.15) is 5.75 Å². The van der Waals surface area contributed by atoms with Gasteiger partial charge in [-0.05, 0) is 28.8 Å². The summed E-state index contributed by atoms with van der Waals surface area (Å²) in [7, 11) is -1.27. The molecule has 2 aromatic rings. The average molecular weight is 352 g/mol. The minimum atomic E-state index is -1.27. The van der Waals surface area contributed by atoms with Gasteiger partial charge in [-0.25, -0.2) is 0 Å². The monoisotopic (exact) mass is 351 g/mol. The quantitative estimate of drug-likeness (QED) is 0.900. The van der Waals surface area contributed by atoms with Crippen molar-refractivity contribution < 1.29 is 9.00 Å². The van der Waals surface area contributed by atoms with Gasteiger partial charge in [-0.2, -0.15) is 0 Å². The van der Waals surface area contributed by atoms with Crippen molar-refractivity contribution in [2.45, 2.75) is 5.75 Å². The Kier molecular flexibility index (Phi) is 5.09. The summed E-state index contributed by atoms with van der Waals surface area (Å²) in [6.07, 6.45) is 0. The van der Waals surface area contributed by atoms with Gasteiger partial charge in [0.2, 0.25) is 5.91 Å². The van der Waals surface area contributed by atoms with E-state index < -0.39 is 16.7 Å². The van der Waals surface area contributed by atoms with E-state index in [4.69, 9.17) is 5.73 Å². The molecule has 0 aliphatic rings. The normalized spacial score (nSPS) is 12.1. The van der Waals surface area contributed by atoms with E-state index in [1.165, 1.54) is 0 Å². The summed E-state index contributed by atoms with van der Waals surface area (Å²) in [6, 6.07) is 15.7. The highest BCUT2D eigenvalue weighted by Gasteiger charge is 2.10. The van der Waals surface area contributed by atoms with Crippen LogP contribution in [0.4, 0.5) is 0 Å². The summed E-state index contributed by atoms with van der Waals surface area (Å²) in [5.41, 5.74) is 8.11. The summed E-state index contributed by atoms with van der Waals surface area (Å²) in [5, 5.41) is 0. The Bertz CT molecular complexity index is 641. The molecule has 2 N–H and O–H groups in total. The van der Waals surface area contributed by atoms with Crippen molar-refractivity contribution in [1.29, 1.82) is 0 Å². The number of amides is 1. The molecular formula is C15H14BrNO2S. The average Bonchev–Trinajstić information content (AvgIpc) is 2.39. The van der Waals surface area contributed by atoms with Gasteiger partial charge in [-0.15, -0.1) is 0 Å². The Labute approximate surface area is 128 Å². The number of primary amides is 1. The molecule has 0 aliphatic heterocycles. The maximum Gasteiger partial charge on any atom is 0.230 e. The number of carbonyl (C=O) groups excluding carboxylic acids is 1. The van der Waals surface area contributed by atoms with E-state index >= 15 is 0 Å². The molecule has 1 amide bonds. The third-order valence-corrected chi connectivity index (χ3v) is 4.56. The van der Waals surface area contributed by atoms with Crippen molar-refractivity contribution in [3.05, 3.63) is 58.6 Å². The van der Waals surface area contributed by atoms with Crippen LogP contribution < -0.4 is 5.73 Å². The van der Waals surface area contributed by atoms with Crippen LogP contribution in [0.1, 0.15) is 5.56 Å². The topological polar surface area (TPSA) is 60.2 Å². The van der Waals surface area contributed by atoms with Gasteiger partial charge >= 0.3 is 0 Å². The van der Waals surface area contributed by atoms with Crippen LogP contribution in [-0.4, -0.2) is 15.9 Å². The van der Waals surface area contributed by atoms with Crippen LogP contribution in [0.5, 0.6) is 0 Å². The van der Waals surface area contributed by atoms with E-state index in [-0.39, 0.29) is 5.75 Å². The standard InChI is InChI=1S/C15H14BrNO2S/c16-13-7-5-11(6-8-13)14-4-2-1-3-12(14)9-20(19)10-15(17)18/h1-8H,9-10H2,(H2,17,18)/t20-/m0/s1. The molecule has 0 saturated carbocycles. The fourth-order valence-corrected chi connectivity index (χ4v) is 3.22. The van der Waals surface area contributed by atoms with Gasteiger partial charge in [-0.3, -0.25) is 9.00 Å². The van der Waals surface area contributed by atoms with E-state index in [1.807, 2.05) is 48.5 Å². The van der Waals surface area contributed by atoms with Gasteiger partial charge < -0.3 is 5.73 Å². The summed E-state index contributed by atoms with van der Waals surface area (Å²) in [6.45, 7) is 0. The van der Waals surface area contributed by atoms with Crippen molar-refractivity contribution in [1.82, 2.24) is 0 Å². The minimum absolute atomic E-state index is 0.103. The fraction of sp³-hybridized carbons (Fsp3) is 0.133. The molecule has 2 aromatic carbocycles. The zero-order valence-electron chi connectivity index (χ0n) is 10.7. The van der Waals surface area contributed by atoms with Crippen LogP contribution in [0.15, 0.2) is 53.0 Å². The van der Waals surface area contributed by atoms with Crippen LogP contribution in [-0.2, 0) is 21.3 Å². The smallest absolute Gasteiger partial charge is 0.230 e. The van der Waals surface area contributed by atoms with Crippen LogP contribution >= 0.6 is 15.9 Å². The van der Waals surface area contributed by atoms with Crippen LogP contribution in [0.3, 0.4) is 0 Å². The molecular weight excluding hydrogens is 338 g/mol. The number of carbonyl (C=O) groups is 1. The molecule has 0 aliphatic carbocycles. The van der Waals surface area contributed by atoms with Crippen LogP contribution in [0, 0.1) is 0 Å². The first kappa shape index (κ1) is 14.9. The number of rotatable bonds is 5. The molecule has 0 bridgehead atoms. The number of nitrogens with two attached hydrogens (primary N) is 1. The molecule has 3 nitrogen and oxygen atoms in total. The van der Waals surface area contributed by atoms with E-state index in [2.05, 4.69) is 15.9 Å². The van der Waals surface area contributed by atoms with E-state index in [1.54, 1.807) is 0 Å². The number of hydrogen-bond donors (Lipinski definition) is 1. The van der Waals surface area contributed by atoms with Crippen LogP contribution in [0.25, 0.3) is 11.1 Å². The second-order valence-corrected chi connectivity index (χ2v) is 6.73. The Hall–Kier alpha value is -1.46. The largest absolute Gasteiger partial charge is 0.369 e. The minimum Gasteiger partial charge on any atom is -0.369 e. The molecule has 0 unspecified atom stereocenters. The summed E-state index contributed by atoms with van der Waals surface area (Å²) in [4.78, 5) is 10.8. The predicted molar refractivity (Wildman–Crippen MR) is 85.5 cm³/mol. The zero-order chi connectivity index (χ0) is 14.5. The molecule has 0 spiro atoms. The van der Waals surface area contributed by atoms with Gasteiger partial charge in [-0.1, -0.05) is 52.3 Å². The first-order valence-corrected chi connectivity index (χ1v) is 8.31. The third-order valence-electron chi connectivity index (χ3n) is 2.79. The van der Waals surface area contributed by atoms with Gasteiger partial charge in [0, 0.05) is 21.0 Å². The molecule has 0 radical (unpaired) electrons.